The zero-order valence-electron chi connectivity index (χ0n) is 19.6. The van der Waals surface area contributed by atoms with Crippen molar-refractivity contribution in [3.8, 4) is 5.75 Å². The van der Waals surface area contributed by atoms with Crippen molar-refractivity contribution in [2.45, 2.75) is 70.6 Å². The molecule has 33 heavy (non-hydrogen) atoms. The van der Waals surface area contributed by atoms with E-state index in [1.165, 1.54) is 6.07 Å². The van der Waals surface area contributed by atoms with Gasteiger partial charge in [-0.15, -0.1) is 0 Å². The molecule has 1 amide bonds. The van der Waals surface area contributed by atoms with Crippen molar-refractivity contribution in [3.05, 3.63) is 65.2 Å². The second kappa shape index (κ2) is 10.1. The fourth-order valence-electron chi connectivity index (χ4n) is 4.17. The predicted octanol–water partition coefficient (Wildman–Crippen LogP) is 4.18. The van der Waals surface area contributed by atoms with Gasteiger partial charge in [0.1, 0.15) is 23.6 Å². The van der Waals surface area contributed by atoms with Crippen LogP contribution in [0.15, 0.2) is 42.5 Å². The number of rotatable bonds is 6. The molecule has 0 radical (unpaired) electrons. The van der Waals surface area contributed by atoms with E-state index in [1.54, 1.807) is 20.8 Å². The van der Waals surface area contributed by atoms with E-state index in [0.29, 0.717) is 6.54 Å². The summed E-state index contributed by atoms with van der Waals surface area (Å²) in [6.45, 7) is 7.83. The van der Waals surface area contributed by atoms with Crippen molar-refractivity contribution >= 4 is 6.09 Å². The number of likely N-dealkylation sites (N-methyl/N-ethyl adjacent to an activating group) is 1. The van der Waals surface area contributed by atoms with Crippen LogP contribution in [0.2, 0.25) is 0 Å². The Hall–Kier alpha value is -2.71. The lowest BCUT2D eigenvalue weighted by Gasteiger charge is -2.33. The molecular formula is C25H32F2N2O4. The number of carbonyl (C=O) groups excluding carboxylic acids is 1. The van der Waals surface area contributed by atoms with Gasteiger partial charge in [-0.25, -0.2) is 13.6 Å². The molecule has 6 nitrogen and oxygen atoms in total. The van der Waals surface area contributed by atoms with Crippen molar-refractivity contribution in [1.29, 1.82) is 0 Å². The molecule has 0 heterocycles. The summed E-state index contributed by atoms with van der Waals surface area (Å²) in [7, 11) is 1.85. The third-order valence-electron chi connectivity index (χ3n) is 5.69. The van der Waals surface area contributed by atoms with Crippen molar-refractivity contribution in [1.82, 2.24) is 10.2 Å². The van der Waals surface area contributed by atoms with Crippen LogP contribution in [0.5, 0.6) is 5.75 Å². The molecule has 180 valence electrons. The monoisotopic (exact) mass is 462 g/mol. The summed E-state index contributed by atoms with van der Waals surface area (Å²) in [6.07, 6.45) is -2.24. The van der Waals surface area contributed by atoms with E-state index in [0.717, 1.165) is 23.3 Å². The summed E-state index contributed by atoms with van der Waals surface area (Å²) in [5.74, 6) is -1.72. The quantitative estimate of drug-likeness (QED) is 0.674. The average molecular weight is 463 g/mol. The smallest absolute Gasteiger partial charge is 0.407 e. The minimum Gasteiger partial charge on any atom is -0.485 e. The molecule has 1 saturated carbocycles. The zero-order valence-corrected chi connectivity index (χ0v) is 19.6. The van der Waals surface area contributed by atoms with Gasteiger partial charge >= 0.3 is 6.09 Å². The molecule has 8 heteroatoms. The highest BCUT2D eigenvalue weighted by Crippen LogP contribution is 2.31. The lowest BCUT2D eigenvalue weighted by molar-refractivity contribution is 0.00961. The van der Waals surface area contributed by atoms with Gasteiger partial charge in [0.2, 0.25) is 0 Å². The number of halogens is 2. The number of aliphatic hydroxyl groups is 1. The first-order chi connectivity index (χ1) is 15.4. The van der Waals surface area contributed by atoms with Crippen LogP contribution in [0.1, 0.15) is 38.3 Å². The van der Waals surface area contributed by atoms with Crippen LogP contribution in [0, 0.1) is 18.6 Å². The largest absolute Gasteiger partial charge is 0.485 e. The minimum absolute atomic E-state index is 0.154. The van der Waals surface area contributed by atoms with Crippen LogP contribution in [0.25, 0.3) is 0 Å². The molecule has 1 fully saturated rings. The molecule has 2 aromatic carbocycles. The first-order valence-electron chi connectivity index (χ1n) is 11.0. The Labute approximate surface area is 193 Å². The SMILES string of the molecule is Cc1ccccc1CN(C)[C@@H]1[C@@H](O)[C@H](Oc2ccc(F)cc2F)C[C@H]1NC(=O)OC(C)(C)C. The van der Waals surface area contributed by atoms with Crippen LogP contribution < -0.4 is 10.1 Å². The number of hydrogen-bond acceptors (Lipinski definition) is 5. The van der Waals surface area contributed by atoms with Crippen molar-refractivity contribution in [2.24, 2.45) is 0 Å². The normalized spacial score (nSPS) is 22.9. The number of aliphatic hydroxyl groups excluding tert-OH is 1. The van der Waals surface area contributed by atoms with E-state index in [9.17, 15) is 18.7 Å². The molecule has 4 atom stereocenters. The zero-order chi connectivity index (χ0) is 24.3. The third-order valence-corrected chi connectivity index (χ3v) is 5.69. The molecular weight excluding hydrogens is 430 g/mol. The van der Waals surface area contributed by atoms with Gasteiger partial charge < -0.3 is 19.9 Å². The number of aryl methyl sites for hydroxylation is 1. The van der Waals surface area contributed by atoms with E-state index in [2.05, 4.69) is 5.32 Å². The highest BCUT2D eigenvalue weighted by atomic mass is 19.1. The fourth-order valence-corrected chi connectivity index (χ4v) is 4.17. The third kappa shape index (κ3) is 6.42. The van der Waals surface area contributed by atoms with Crippen molar-refractivity contribution < 1.29 is 28.2 Å². The molecule has 1 aliphatic rings. The highest BCUT2D eigenvalue weighted by molar-refractivity contribution is 5.68. The molecule has 1 aliphatic carbocycles. The molecule has 0 spiro atoms. The summed E-state index contributed by atoms with van der Waals surface area (Å²) in [5.41, 5.74) is 1.50. The number of ether oxygens (including phenoxy) is 2. The van der Waals surface area contributed by atoms with Crippen molar-refractivity contribution in [2.75, 3.05) is 7.05 Å². The van der Waals surface area contributed by atoms with Crippen LogP contribution >= 0.6 is 0 Å². The maximum atomic E-state index is 14.2. The molecule has 0 bridgehead atoms. The topological polar surface area (TPSA) is 71.0 Å². The molecule has 0 aromatic heterocycles. The van der Waals surface area contributed by atoms with E-state index < -0.39 is 47.6 Å². The number of carbonyl (C=O) groups is 1. The van der Waals surface area contributed by atoms with Gasteiger partial charge in [-0.05, 0) is 58.0 Å². The second-order valence-corrected chi connectivity index (χ2v) is 9.54. The number of benzene rings is 2. The Morgan fingerprint density at radius 3 is 2.55 bits per heavy atom. The van der Waals surface area contributed by atoms with Crippen LogP contribution in [-0.2, 0) is 11.3 Å². The molecule has 2 N–H and O–H groups in total. The van der Waals surface area contributed by atoms with E-state index >= 15 is 0 Å². The Bertz CT molecular complexity index is 979. The Balaban J connectivity index is 1.82. The molecule has 0 saturated heterocycles. The Morgan fingerprint density at radius 1 is 1.21 bits per heavy atom. The summed E-state index contributed by atoms with van der Waals surface area (Å²) in [4.78, 5) is 14.4. The van der Waals surface area contributed by atoms with Gasteiger partial charge in [0, 0.05) is 19.0 Å². The maximum Gasteiger partial charge on any atom is 0.407 e. The number of alkyl carbamates (subject to hydrolysis) is 1. The van der Waals surface area contributed by atoms with Gasteiger partial charge in [0.25, 0.3) is 0 Å². The molecule has 3 rings (SSSR count). The van der Waals surface area contributed by atoms with Crippen LogP contribution in [0.3, 0.4) is 0 Å². The average Bonchev–Trinajstić information content (AvgIpc) is 2.99. The summed E-state index contributed by atoms with van der Waals surface area (Å²) in [5, 5.41) is 14.0. The maximum absolute atomic E-state index is 14.2. The standard InChI is InChI=1S/C25H32F2N2O4/c1-15-8-6-7-9-16(15)14-29(5)22-19(28-24(31)33-25(2,3)4)13-21(23(22)30)32-20-11-10-17(26)12-18(20)27/h6-12,19,21-23,30H,13-14H2,1-5H3,(H,28,31)/t19-,21-,22+,23+/m1/s1. The number of amides is 1. The predicted molar refractivity (Wildman–Crippen MR) is 121 cm³/mol. The van der Waals surface area contributed by atoms with Gasteiger partial charge in [-0.3, -0.25) is 4.90 Å². The second-order valence-electron chi connectivity index (χ2n) is 9.54. The number of hydrogen-bond donors (Lipinski definition) is 2. The summed E-state index contributed by atoms with van der Waals surface area (Å²) < 4.78 is 38.6. The van der Waals surface area contributed by atoms with E-state index in [-0.39, 0.29) is 12.2 Å². The van der Waals surface area contributed by atoms with Gasteiger partial charge in [-0.2, -0.15) is 0 Å². The molecule has 0 unspecified atom stereocenters. The molecule has 0 aliphatic heterocycles. The van der Waals surface area contributed by atoms with Crippen molar-refractivity contribution in [3.63, 3.8) is 0 Å². The minimum atomic E-state index is -1.04. The summed E-state index contributed by atoms with van der Waals surface area (Å²) >= 11 is 0. The van der Waals surface area contributed by atoms with E-state index in [4.69, 9.17) is 9.47 Å². The molecule has 2 aromatic rings. The first-order valence-corrected chi connectivity index (χ1v) is 11.0. The van der Waals surface area contributed by atoms with Gasteiger partial charge in [-0.1, -0.05) is 24.3 Å². The Kier molecular flexibility index (Phi) is 7.59. The number of nitrogens with zero attached hydrogens (tertiary/aromatic N) is 1. The fraction of sp³-hybridized carbons (Fsp3) is 0.480. The van der Waals surface area contributed by atoms with E-state index in [1.807, 2.05) is 43.1 Å². The lowest BCUT2D eigenvalue weighted by atomic mass is 10.1. The number of nitrogens with one attached hydrogen (secondary N) is 1. The lowest BCUT2D eigenvalue weighted by Crippen LogP contribution is -2.52. The summed E-state index contributed by atoms with van der Waals surface area (Å²) in [6, 6.07) is 9.89. The van der Waals surface area contributed by atoms with Gasteiger partial charge in [0.15, 0.2) is 11.6 Å². The van der Waals surface area contributed by atoms with Crippen LogP contribution in [-0.4, -0.2) is 53.0 Å². The van der Waals surface area contributed by atoms with Crippen LogP contribution in [0.4, 0.5) is 13.6 Å². The Morgan fingerprint density at radius 2 is 1.91 bits per heavy atom. The first kappa shape index (κ1) is 24.9. The highest BCUT2D eigenvalue weighted by Gasteiger charge is 2.47. The van der Waals surface area contributed by atoms with Gasteiger partial charge in [0.05, 0.1) is 12.1 Å².